The Bertz CT molecular complexity index is 1500. The summed E-state index contributed by atoms with van der Waals surface area (Å²) in [5.74, 6) is 1.25. The summed E-state index contributed by atoms with van der Waals surface area (Å²) in [6.45, 7) is 5.06. The monoisotopic (exact) mass is 543 g/mol. The van der Waals surface area contributed by atoms with Crippen LogP contribution in [-0.2, 0) is 11.8 Å². The molecule has 0 unspecified atom stereocenters. The molecule has 2 aromatic heterocycles. The maximum Gasteiger partial charge on any atom is 0.255 e. The summed E-state index contributed by atoms with van der Waals surface area (Å²) >= 11 is 0. The first-order valence-corrected chi connectivity index (χ1v) is 13.9. The van der Waals surface area contributed by atoms with Crippen LogP contribution in [-0.4, -0.2) is 52.6 Å². The standard InChI is InChI=1S/C31H37N5O4/c1-31(2)15-21(12-13-36(31)30(38)19-8-6-7-9-19)23-18-35(3)28-26(23)27(40-5)24(17-33-28)34-29(37)20-10-11-25(39-4)22(14-20)16-32/h10-11,14,17-19,21H,6-9,12-13,15H2,1-5H3,(H,34,37)/t21-/m1/s1. The van der Waals surface area contributed by atoms with Crippen molar-refractivity contribution in [3.05, 3.63) is 47.3 Å². The molecular weight excluding hydrogens is 506 g/mol. The molecule has 2 amide bonds. The second kappa shape index (κ2) is 10.8. The van der Waals surface area contributed by atoms with E-state index in [1.165, 1.54) is 13.2 Å². The number of piperidine rings is 1. The second-order valence-electron chi connectivity index (χ2n) is 11.6. The third-order valence-electron chi connectivity index (χ3n) is 8.59. The molecule has 9 heteroatoms. The van der Waals surface area contributed by atoms with E-state index in [9.17, 15) is 14.9 Å². The molecule has 3 aromatic rings. The maximum atomic E-state index is 13.3. The highest BCUT2D eigenvalue weighted by Crippen LogP contribution is 2.45. The number of aromatic nitrogens is 2. The van der Waals surface area contributed by atoms with Gasteiger partial charge in [-0.2, -0.15) is 5.26 Å². The van der Waals surface area contributed by atoms with Gasteiger partial charge in [-0.15, -0.1) is 0 Å². The third kappa shape index (κ3) is 4.87. The molecule has 1 aliphatic heterocycles. The van der Waals surface area contributed by atoms with Crippen LogP contribution in [0.15, 0.2) is 30.6 Å². The van der Waals surface area contributed by atoms with Crippen molar-refractivity contribution < 1.29 is 19.1 Å². The molecule has 9 nitrogen and oxygen atoms in total. The number of anilines is 1. The number of aryl methyl sites for hydroxylation is 1. The number of benzene rings is 1. The molecule has 5 rings (SSSR count). The highest BCUT2D eigenvalue weighted by atomic mass is 16.5. The first-order valence-electron chi connectivity index (χ1n) is 13.9. The van der Waals surface area contributed by atoms with Gasteiger partial charge < -0.3 is 24.3 Å². The van der Waals surface area contributed by atoms with Crippen molar-refractivity contribution in [2.24, 2.45) is 13.0 Å². The van der Waals surface area contributed by atoms with Gasteiger partial charge in [-0.3, -0.25) is 9.59 Å². The number of nitrogens with zero attached hydrogens (tertiary/aromatic N) is 4. The number of nitriles is 1. The second-order valence-corrected chi connectivity index (χ2v) is 11.6. The van der Waals surface area contributed by atoms with E-state index in [4.69, 9.17) is 9.47 Å². The minimum absolute atomic E-state index is 0.166. The number of carbonyl (C=O) groups excluding carboxylic acids is 2. The van der Waals surface area contributed by atoms with Crippen LogP contribution >= 0.6 is 0 Å². The summed E-state index contributed by atoms with van der Waals surface area (Å²) in [6.07, 6.45) is 9.68. The zero-order chi connectivity index (χ0) is 28.6. The van der Waals surface area contributed by atoms with E-state index >= 15 is 0 Å². The Kier molecular flexibility index (Phi) is 7.45. The zero-order valence-electron chi connectivity index (χ0n) is 23.9. The van der Waals surface area contributed by atoms with Crippen LogP contribution in [0, 0.1) is 17.2 Å². The smallest absolute Gasteiger partial charge is 0.255 e. The molecule has 3 heterocycles. The summed E-state index contributed by atoms with van der Waals surface area (Å²) in [6, 6.07) is 6.78. The number of hydrogen-bond acceptors (Lipinski definition) is 6. The summed E-state index contributed by atoms with van der Waals surface area (Å²) in [7, 11) is 5.04. The number of carbonyl (C=O) groups is 2. The van der Waals surface area contributed by atoms with Crippen molar-refractivity contribution in [1.82, 2.24) is 14.5 Å². The lowest BCUT2D eigenvalue weighted by atomic mass is 9.78. The molecular formula is C31H37N5O4. The fourth-order valence-electron chi connectivity index (χ4n) is 6.56. The zero-order valence-corrected chi connectivity index (χ0v) is 23.9. The van der Waals surface area contributed by atoms with Crippen molar-refractivity contribution in [2.45, 2.75) is 63.8 Å². The van der Waals surface area contributed by atoms with Gasteiger partial charge in [-0.25, -0.2) is 4.98 Å². The summed E-state index contributed by atoms with van der Waals surface area (Å²) in [4.78, 5) is 33.3. The van der Waals surface area contributed by atoms with Gasteiger partial charge in [0.1, 0.15) is 23.2 Å². The quantitative estimate of drug-likeness (QED) is 0.447. The number of fused-ring (bicyclic) bond motifs is 1. The average molecular weight is 544 g/mol. The fourth-order valence-corrected chi connectivity index (χ4v) is 6.56. The molecule has 2 fully saturated rings. The normalized spacial score (nSPS) is 18.9. The number of likely N-dealkylation sites (tertiary alicyclic amines) is 1. The van der Waals surface area contributed by atoms with Gasteiger partial charge in [0.05, 0.1) is 31.4 Å². The number of pyridine rings is 1. The Labute approximate surface area is 235 Å². The highest BCUT2D eigenvalue weighted by molar-refractivity contribution is 6.07. The van der Waals surface area contributed by atoms with Crippen LogP contribution in [0.2, 0.25) is 0 Å². The van der Waals surface area contributed by atoms with Gasteiger partial charge in [0.15, 0.2) is 5.75 Å². The molecule has 0 spiro atoms. The lowest BCUT2D eigenvalue weighted by Gasteiger charge is -2.46. The number of ether oxygens (including phenoxy) is 2. The Hall–Kier alpha value is -4.06. The molecule has 1 N–H and O–H groups in total. The number of amides is 2. The Morgan fingerprint density at radius 2 is 1.90 bits per heavy atom. The van der Waals surface area contributed by atoms with E-state index in [1.54, 1.807) is 25.4 Å². The molecule has 1 aromatic carbocycles. The summed E-state index contributed by atoms with van der Waals surface area (Å²) in [5.41, 5.74) is 2.66. The number of methoxy groups -OCH3 is 2. The third-order valence-corrected chi connectivity index (χ3v) is 8.59. The molecule has 210 valence electrons. The van der Waals surface area contributed by atoms with Crippen LogP contribution in [0.5, 0.6) is 11.5 Å². The predicted molar refractivity (Wildman–Crippen MR) is 153 cm³/mol. The largest absolute Gasteiger partial charge is 0.495 e. The SMILES string of the molecule is COc1ccc(C(=O)Nc2cnc3c(c([C@@H]4CCN(C(=O)C5CCCC5)C(C)(C)C4)cn3C)c2OC)cc1C#N. The molecule has 1 saturated heterocycles. The van der Waals surface area contributed by atoms with Gasteiger partial charge in [0.2, 0.25) is 5.91 Å². The van der Waals surface area contributed by atoms with Crippen LogP contribution in [0.3, 0.4) is 0 Å². The number of rotatable bonds is 6. The van der Waals surface area contributed by atoms with Crippen LogP contribution in [0.25, 0.3) is 11.0 Å². The molecule has 0 radical (unpaired) electrons. The average Bonchev–Trinajstić information content (AvgIpc) is 3.60. The van der Waals surface area contributed by atoms with Crippen LogP contribution in [0.4, 0.5) is 5.69 Å². The van der Waals surface area contributed by atoms with Crippen molar-refractivity contribution in [2.75, 3.05) is 26.1 Å². The van der Waals surface area contributed by atoms with Crippen LogP contribution < -0.4 is 14.8 Å². The van der Waals surface area contributed by atoms with Gasteiger partial charge >= 0.3 is 0 Å². The summed E-state index contributed by atoms with van der Waals surface area (Å²) < 4.78 is 13.1. The van der Waals surface area contributed by atoms with Crippen molar-refractivity contribution in [1.29, 1.82) is 5.26 Å². The van der Waals surface area contributed by atoms with E-state index in [0.717, 1.165) is 55.1 Å². The molecule has 1 saturated carbocycles. The topological polar surface area (TPSA) is 109 Å². The first kappa shape index (κ1) is 27.5. The van der Waals surface area contributed by atoms with Crippen LogP contribution in [0.1, 0.15) is 79.8 Å². The summed E-state index contributed by atoms with van der Waals surface area (Å²) in [5, 5.41) is 13.2. The minimum atomic E-state index is -0.379. The predicted octanol–water partition coefficient (Wildman–Crippen LogP) is 5.39. The maximum absolute atomic E-state index is 13.3. The van der Waals surface area contributed by atoms with E-state index in [-0.39, 0.29) is 28.8 Å². The van der Waals surface area contributed by atoms with Crippen molar-refractivity contribution >= 4 is 28.5 Å². The van der Waals surface area contributed by atoms with E-state index < -0.39 is 0 Å². The Morgan fingerprint density at radius 3 is 2.55 bits per heavy atom. The number of nitrogens with one attached hydrogen (secondary N) is 1. The molecule has 1 aliphatic carbocycles. The van der Waals surface area contributed by atoms with E-state index in [1.807, 2.05) is 11.6 Å². The van der Waals surface area contributed by atoms with Gasteiger partial charge in [0, 0.05) is 36.8 Å². The van der Waals surface area contributed by atoms with E-state index in [2.05, 4.69) is 41.3 Å². The fraction of sp³-hybridized carbons (Fsp3) is 0.484. The minimum Gasteiger partial charge on any atom is -0.495 e. The Balaban J connectivity index is 1.45. The molecule has 2 aliphatic rings. The number of hydrogen-bond donors (Lipinski definition) is 1. The van der Waals surface area contributed by atoms with Crippen molar-refractivity contribution in [3.63, 3.8) is 0 Å². The molecule has 0 bridgehead atoms. The molecule has 40 heavy (non-hydrogen) atoms. The first-order chi connectivity index (χ1) is 19.2. The molecule has 1 atom stereocenters. The highest BCUT2D eigenvalue weighted by Gasteiger charge is 2.41. The lowest BCUT2D eigenvalue weighted by Crippen LogP contribution is -2.53. The lowest BCUT2D eigenvalue weighted by molar-refractivity contribution is -0.143. The van der Waals surface area contributed by atoms with Gasteiger partial charge in [-0.05, 0) is 69.2 Å². The van der Waals surface area contributed by atoms with Gasteiger partial charge in [0.25, 0.3) is 5.91 Å². The Morgan fingerprint density at radius 1 is 1.15 bits per heavy atom. The van der Waals surface area contributed by atoms with Gasteiger partial charge in [-0.1, -0.05) is 12.8 Å². The van der Waals surface area contributed by atoms with E-state index in [0.29, 0.717) is 35.2 Å². The van der Waals surface area contributed by atoms with Crippen molar-refractivity contribution in [3.8, 4) is 17.6 Å².